The number of nitrogens with zero attached hydrogens (tertiary/aromatic N) is 2. The van der Waals surface area contributed by atoms with Crippen molar-refractivity contribution in [2.75, 3.05) is 39.3 Å². The van der Waals surface area contributed by atoms with Gasteiger partial charge >= 0.3 is 0 Å². The molecule has 1 unspecified atom stereocenters. The Bertz CT molecular complexity index is 516. The van der Waals surface area contributed by atoms with Crippen LogP contribution in [0, 0.1) is 0 Å². The average Bonchev–Trinajstić information content (AvgIpc) is 2.48. The molecule has 0 aromatic heterocycles. The van der Waals surface area contributed by atoms with Gasteiger partial charge in [0, 0.05) is 43.8 Å². The van der Waals surface area contributed by atoms with Gasteiger partial charge in [0.2, 0.25) is 5.91 Å². The molecule has 2 rings (SSSR count). The lowest BCUT2D eigenvalue weighted by Crippen LogP contribution is -2.50. The van der Waals surface area contributed by atoms with E-state index in [2.05, 4.69) is 15.1 Å². The standard InChI is InChI=1S/C17H26ClN3O2/c1-13(2)19-17(23)12-21-8-6-20(7-9-21)11-16(22)14-4-3-5-15(18)10-14/h3-5,10,13,16,22H,6-9,11-12H2,1-2H3,(H,19,23). The number of benzene rings is 1. The minimum atomic E-state index is -0.538. The first-order valence-electron chi connectivity index (χ1n) is 8.11. The van der Waals surface area contributed by atoms with E-state index in [1.807, 2.05) is 26.0 Å². The number of aliphatic hydroxyl groups excluding tert-OH is 1. The number of hydrogen-bond donors (Lipinski definition) is 2. The highest BCUT2D eigenvalue weighted by atomic mass is 35.5. The normalized spacial score (nSPS) is 18.1. The van der Waals surface area contributed by atoms with Gasteiger partial charge in [-0.2, -0.15) is 0 Å². The Labute approximate surface area is 143 Å². The van der Waals surface area contributed by atoms with Crippen LogP contribution in [0.4, 0.5) is 0 Å². The van der Waals surface area contributed by atoms with Gasteiger partial charge in [0.1, 0.15) is 0 Å². The SMILES string of the molecule is CC(C)NC(=O)CN1CCN(CC(O)c2cccc(Cl)c2)CC1. The van der Waals surface area contributed by atoms with Gasteiger partial charge in [-0.25, -0.2) is 0 Å². The summed E-state index contributed by atoms with van der Waals surface area (Å²) in [5.74, 6) is 0.0763. The Morgan fingerprint density at radius 1 is 1.26 bits per heavy atom. The maximum Gasteiger partial charge on any atom is 0.234 e. The van der Waals surface area contributed by atoms with Gasteiger partial charge in [-0.3, -0.25) is 14.6 Å². The fourth-order valence-corrected chi connectivity index (χ4v) is 2.96. The monoisotopic (exact) mass is 339 g/mol. The van der Waals surface area contributed by atoms with Crippen LogP contribution in [0.3, 0.4) is 0 Å². The van der Waals surface area contributed by atoms with E-state index in [0.29, 0.717) is 18.1 Å². The second-order valence-corrected chi connectivity index (χ2v) is 6.81. The first-order chi connectivity index (χ1) is 10.9. The molecule has 0 spiro atoms. The fraction of sp³-hybridized carbons (Fsp3) is 0.588. The van der Waals surface area contributed by atoms with Gasteiger partial charge in [0.15, 0.2) is 0 Å². The minimum absolute atomic E-state index is 0.0763. The van der Waals surface area contributed by atoms with Gasteiger partial charge < -0.3 is 10.4 Å². The lowest BCUT2D eigenvalue weighted by Gasteiger charge is -2.35. The molecule has 5 nitrogen and oxygen atoms in total. The summed E-state index contributed by atoms with van der Waals surface area (Å²) < 4.78 is 0. The predicted octanol–water partition coefficient (Wildman–Crippen LogP) is 1.52. The summed E-state index contributed by atoms with van der Waals surface area (Å²) in [6, 6.07) is 7.53. The van der Waals surface area contributed by atoms with Gasteiger partial charge in [0.05, 0.1) is 12.6 Å². The smallest absolute Gasteiger partial charge is 0.234 e. The van der Waals surface area contributed by atoms with Crippen LogP contribution in [0.1, 0.15) is 25.5 Å². The lowest BCUT2D eigenvalue weighted by molar-refractivity contribution is -0.123. The molecule has 128 valence electrons. The molecule has 0 aliphatic carbocycles. The molecule has 0 saturated carbocycles. The molecule has 1 fully saturated rings. The Morgan fingerprint density at radius 2 is 1.91 bits per heavy atom. The van der Waals surface area contributed by atoms with Crippen LogP contribution in [0.15, 0.2) is 24.3 Å². The highest BCUT2D eigenvalue weighted by molar-refractivity contribution is 6.30. The zero-order valence-electron chi connectivity index (χ0n) is 13.8. The molecule has 1 aliphatic rings. The van der Waals surface area contributed by atoms with Gasteiger partial charge in [0.25, 0.3) is 0 Å². The molecule has 1 atom stereocenters. The summed E-state index contributed by atoms with van der Waals surface area (Å²) in [4.78, 5) is 16.2. The Balaban J connectivity index is 1.75. The van der Waals surface area contributed by atoms with Gasteiger partial charge in [-0.1, -0.05) is 23.7 Å². The van der Waals surface area contributed by atoms with Crippen LogP contribution in [0.25, 0.3) is 0 Å². The molecule has 0 radical (unpaired) electrons. The highest BCUT2D eigenvalue weighted by Gasteiger charge is 2.21. The van der Waals surface area contributed by atoms with E-state index >= 15 is 0 Å². The molecule has 1 aromatic carbocycles. The summed E-state index contributed by atoms with van der Waals surface area (Å²) >= 11 is 5.97. The maximum absolute atomic E-state index is 11.8. The average molecular weight is 340 g/mol. The van der Waals surface area contributed by atoms with Crippen LogP contribution in [0.5, 0.6) is 0 Å². The third-order valence-electron chi connectivity index (χ3n) is 3.95. The molecule has 6 heteroatoms. The van der Waals surface area contributed by atoms with E-state index in [1.165, 1.54) is 0 Å². The Morgan fingerprint density at radius 3 is 2.52 bits per heavy atom. The molecule has 1 aliphatic heterocycles. The molecule has 0 bridgehead atoms. The quantitative estimate of drug-likeness (QED) is 0.825. The van der Waals surface area contributed by atoms with Crippen LogP contribution < -0.4 is 5.32 Å². The van der Waals surface area contributed by atoms with Crippen LogP contribution in [-0.4, -0.2) is 66.1 Å². The zero-order chi connectivity index (χ0) is 16.8. The van der Waals surface area contributed by atoms with Crippen molar-refractivity contribution in [1.29, 1.82) is 0 Å². The van der Waals surface area contributed by atoms with Crippen molar-refractivity contribution in [1.82, 2.24) is 15.1 Å². The van der Waals surface area contributed by atoms with Gasteiger partial charge in [-0.05, 0) is 31.5 Å². The second-order valence-electron chi connectivity index (χ2n) is 6.37. The molecular weight excluding hydrogens is 314 g/mol. The number of rotatable bonds is 6. The van der Waals surface area contributed by atoms with E-state index in [0.717, 1.165) is 31.7 Å². The van der Waals surface area contributed by atoms with Crippen molar-refractivity contribution in [3.63, 3.8) is 0 Å². The third kappa shape index (κ3) is 6.11. The molecule has 2 N–H and O–H groups in total. The Kier molecular flexibility index (Phi) is 6.84. The Hall–Kier alpha value is -1.14. The number of aliphatic hydroxyl groups is 1. The van der Waals surface area contributed by atoms with Crippen molar-refractivity contribution in [2.45, 2.75) is 26.0 Å². The topological polar surface area (TPSA) is 55.8 Å². The number of carbonyl (C=O) groups excluding carboxylic acids is 1. The number of β-amino-alcohol motifs (C(OH)–C–C–N with tert-alkyl or cyclic N) is 1. The number of nitrogens with one attached hydrogen (secondary N) is 1. The fourth-order valence-electron chi connectivity index (χ4n) is 2.76. The molecule has 1 saturated heterocycles. The van der Waals surface area contributed by atoms with Crippen molar-refractivity contribution in [3.05, 3.63) is 34.9 Å². The van der Waals surface area contributed by atoms with Crippen molar-refractivity contribution >= 4 is 17.5 Å². The summed E-state index contributed by atoms with van der Waals surface area (Å²) in [6.07, 6.45) is -0.538. The minimum Gasteiger partial charge on any atom is -0.387 e. The van der Waals surface area contributed by atoms with Crippen LogP contribution >= 0.6 is 11.6 Å². The number of carbonyl (C=O) groups is 1. The van der Waals surface area contributed by atoms with E-state index in [9.17, 15) is 9.90 Å². The zero-order valence-corrected chi connectivity index (χ0v) is 14.6. The van der Waals surface area contributed by atoms with E-state index in [4.69, 9.17) is 11.6 Å². The van der Waals surface area contributed by atoms with E-state index < -0.39 is 6.10 Å². The van der Waals surface area contributed by atoms with E-state index in [-0.39, 0.29) is 11.9 Å². The number of hydrogen-bond acceptors (Lipinski definition) is 4. The second kappa shape index (κ2) is 8.64. The van der Waals surface area contributed by atoms with E-state index in [1.54, 1.807) is 12.1 Å². The maximum atomic E-state index is 11.8. The summed E-state index contributed by atoms with van der Waals surface area (Å²) in [5, 5.41) is 13.9. The highest BCUT2D eigenvalue weighted by Crippen LogP contribution is 2.19. The molecule has 23 heavy (non-hydrogen) atoms. The van der Waals surface area contributed by atoms with Crippen molar-refractivity contribution in [2.24, 2.45) is 0 Å². The molecular formula is C17H26ClN3O2. The third-order valence-corrected chi connectivity index (χ3v) is 4.18. The summed E-state index contributed by atoms with van der Waals surface area (Å²) in [6.45, 7) is 8.36. The molecule has 1 aromatic rings. The first-order valence-corrected chi connectivity index (χ1v) is 8.49. The summed E-state index contributed by atoms with van der Waals surface area (Å²) in [7, 11) is 0. The molecule has 1 heterocycles. The lowest BCUT2D eigenvalue weighted by atomic mass is 10.1. The number of halogens is 1. The molecule has 1 amide bonds. The number of piperazine rings is 1. The van der Waals surface area contributed by atoms with Gasteiger partial charge in [-0.15, -0.1) is 0 Å². The predicted molar refractivity (Wildman–Crippen MR) is 92.6 cm³/mol. The largest absolute Gasteiger partial charge is 0.387 e. The van der Waals surface area contributed by atoms with Crippen LogP contribution in [0.2, 0.25) is 5.02 Å². The summed E-state index contributed by atoms with van der Waals surface area (Å²) in [5.41, 5.74) is 0.844. The van der Waals surface area contributed by atoms with Crippen LogP contribution in [-0.2, 0) is 4.79 Å². The first kappa shape index (κ1) is 18.2. The number of amides is 1. The van der Waals surface area contributed by atoms with Crippen molar-refractivity contribution < 1.29 is 9.90 Å². The van der Waals surface area contributed by atoms with Crippen molar-refractivity contribution in [3.8, 4) is 0 Å².